The van der Waals surface area contributed by atoms with E-state index in [2.05, 4.69) is 0 Å². The minimum absolute atomic E-state index is 0.0849. The van der Waals surface area contributed by atoms with Gasteiger partial charge in [0.15, 0.2) is 35.5 Å². The summed E-state index contributed by atoms with van der Waals surface area (Å²) in [7, 11) is 1.19. The first-order valence-corrected chi connectivity index (χ1v) is 10.1. The molecule has 182 valence electrons. The van der Waals surface area contributed by atoms with Gasteiger partial charge >= 0.3 is 0 Å². The summed E-state index contributed by atoms with van der Waals surface area (Å²) in [6.07, 6.45) is -8.10. The van der Waals surface area contributed by atoms with Gasteiger partial charge in [0, 0.05) is 11.1 Å². The molecule has 0 radical (unpaired) electrons. The van der Waals surface area contributed by atoms with Crippen LogP contribution in [-0.4, -0.2) is 91.7 Å². The van der Waals surface area contributed by atoms with Crippen LogP contribution < -0.4 is 9.47 Å². The normalized spacial score (nSPS) is 26.1. The van der Waals surface area contributed by atoms with E-state index in [1.165, 1.54) is 13.2 Å². The molecule has 1 saturated heterocycles. The van der Waals surface area contributed by atoms with E-state index in [9.17, 15) is 45.3 Å². The molecule has 4 rings (SSSR count). The first-order valence-electron chi connectivity index (χ1n) is 10.1. The Morgan fingerprint density at radius 1 is 0.971 bits per heavy atom. The number of hydrogen-bond acceptors (Lipinski definition) is 12. The molecule has 2 aromatic carbocycles. The van der Waals surface area contributed by atoms with E-state index in [1.807, 2.05) is 0 Å². The fraction of sp³-hybridized carbons (Fsp3) is 0.364. The van der Waals surface area contributed by atoms with Crippen molar-refractivity contribution in [1.82, 2.24) is 0 Å². The molecule has 1 fully saturated rings. The molecule has 7 N–H and O–H groups in total. The van der Waals surface area contributed by atoms with E-state index in [1.54, 1.807) is 0 Å². The Labute approximate surface area is 191 Å². The van der Waals surface area contributed by atoms with Crippen LogP contribution in [0.15, 0.2) is 18.2 Å². The number of aromatic hydroxyl groups is 2. The third kappa shape index (κ3) is 3.48. The van der Waals surface area contributed by atoms with E-state index in [0.29, 0.717) is 0 Å². The van der Waals surface area contributed by atoms with Gasteiger partial charge in [-0.1, -0.05) is 0 Å². The zero-order chi connectivity index (χ0) is 24.9. The minimum Gasteiger partial charge on any atom is -0.504 e. The Morgan fingerprint density at radius 2 is 1.65 bits per heavy atom. The van der Waals surface area contributed by atoms with Gasteiger partial charge in [0.05, 0.1) is 37.0 Å². The zero-order valence-electron chi connectivity index (χ0n) is 17.7. The molecule has 0 aromatic heterocycles. The van der Waals surface area contributed by atoms with Crippen LogP contribution in [0.4, 0.5) is 0 Å². The number of carbonyl (C=O) groups is 2. The molecule has 2 aromatic rings. The van der Waals surface area contributed by atoms with E-state index in [0.717, 1.165) is 12.1 Å². The van der Waals surface area contributed by atoms with Crippen molar-refractivity contribution in [3.63, 3.8) is 0 Å². The number of fused-ring (bicyclic) bond motifs is 2. The molecule has 5 unspecified atom stereocenters. The van der Waals surface area contributed by atoms with Gasteiger partial charge < -0.3 is 50.0 Å². The monoisotopic (exact) mass is 478 g/mol. The molecule has 0 spiro atoms. The number of rotatable bonds is 5. The van der Waals surface area contributed by atoms with Crippen molar-refractivity contribution in [1.29, 1.82) is 0 Å². The molecule has 5 atom stereocenters. The molecule has 0 saturated carbocycles. The SMILES string of the molecule is COc1c(CO)c(OC2C(CO)OC(O)C(O)C2O)cc2c1C(=O)c1ccc(O)c(O)c1C2=O. The summed E-state index contributed by atoms with van der Waals surface area (Å²) in [5.74, 6) is -3.43. The van der Waals surface area contributed by atoms with Crippen LogP contribution in [0.3, 0.4) is 0 Å². The highest BCUT2D eigenvalue weighted by atomic mass is 16.7. The predicted octanol–water partition coefficient (Wildman–Crippen LogP) is -1.45. The maximum absolute atomic E-state index is 13.2. The van der Waals surface area contributed by atoms with Gasteiger partial charge in [-0.3, -0.25) is 9.59 Å². The second kappa shape index (κ2) is 8.83. The molecule has 1 heterocycles. The van der Waals surface area contributed by atoms with Gasteiger partial charge in [-0.2, -0.15) is 0 Å². The van der Waals surface area contributed by atoms with Crippen molar-refractivity contribution >= 4 is 11.6 Å². The van der Waals surface area contributed by atoms with Gasteiger partial charge in [0.2, 0.25) is 0 Å². The minimum atomic E-state index is -1.80. The Hall–Kier alpha value is -3.26. The second-order valence-corrected chi connectivity index (χ2v) is 7.79. The number of ether oxygens (including phenoxy) is 3. The van der Waals surface area contributed by atoms with Crippen LogP contribution >= 0.6 is 0 Å². The van der Waals surface area contributed by atoms with E-state index in [-0.39, 0.29) is 33.8 Å². The smallest absolute Gasteiger partial charge is 0.198 e. The molecule has 0 amide bonds. The summed E-state index contributed by atoms with van der Waals surface area (Å²) >= 11 is 0. The number of hydrogen-bond donors (Lipinski definition) is 7. The highest BCUT2D eigenvalue weighted by Crippen LogP contribution is 2.44. The summed E-state index contributed by atoms with van der Waals surface area (Å²) in [6, 6.07) is 3.30. The van der Waals surface area contributed by atoms with Crippen LogP contribution in [0.1, 0.15) is 37.4 Å². The van der Waals surface area contributed by atoms with Gasteiger partial charge in [0.1, 0.15) is 29.8 Å². The number of phenolic OH excluding ortho intramolecular Hbond substituents is 2. The average Bonchev–Trinajstić information content (AvgIpc) is 2.83. The summed E-state index contributed by atoms with van der Waals surface area (Å²) in [6.45, 7) is -1.46. The fourth-order valence-corrected chi connectivity index (χ4v) is 4.19. The second-order valence-electron chi connectivity index (χ2n) is 7.79. The lowest BCUT2D eigenvalue weighted by molar-refractivity contribution is -0.282. The van der Waals surface area contributed by atoms with Crippen LogP contribution in [0, 0.1) is 0 Å². The summed E-state index contributed by atoms with van der Waals surface area (Å²) in [4.78, 5) is 26.4. The predicted molar refractivity (Wildman–Crippen MR) is 110 cm³/mol. The highest BCUT2D eigenvalue weighted by molar-refractivity contribution is 6.30. The number of benzene rings is 2. The largest absolute Gasteiger partial charge is 0.504 e. The van der Waals surface area contributed by atoms with Gasteiger partial charge in [0.25, 0.3) is 0 Å². The van der Waals surface area contributed by atoms with Gasteiger partial charge in [-0.05, 0) is 18.2 Å². The third-order valence-electron chi connectivity index (χ3n) is 5.91. The maximum atomic E-state index is 13.2. The van der Waals surface area contributed by atoms with Crippen LogP contribution in [0.25, 0.3) is 0 Å². The molecule has 0 bridgehead atoms. The van der Waals surface area contributed by atoms with Gasteiger partial charge in [-0.15, -0.1) is 0 Å². The Kier molecular flexibility index (Phi) is 6.20. The first kappa shape index (κ1) is 23.9. The van der Waals surface area contributed by atoms with Crippen LogP contribution in [0.5, 0.6) is 23.0 Å². The van der Waals surface area contributed by atoms with E-state index < -0.39 is 72.5 Å². The lowest BCUT2D eigenvalue weighted by Crippen LogP contribution is -2.60. The average molecular weight is 478 g/mol. The lowest BCUT2D eigenvalue weighted by atomic mass is 9.81. The molecule has 1 aliphatic carbocycles. The van der Waals surface area contributed by atoms with Crippen molar-refractivity contribution in [2.45, 2.75) is 37.3 Å². The molecule has 12 nitrogen and oxygen atoms in total. The molecule has 12 heteroatoms. The molecular weight excluding hydrogens is 456 g/mol. The Balaban J connectivity index is 1.88. The van der Waals surface area contributed by atoms with Crippen molar-refractivity contribution in [3.8, 4) is 23.0 Å². The van der Waals surface area contributed by atoms with Crippen LogP contribution in [0.2, 0.25) is 0 Å². The van der Waals surface area contributed by atoms with Crippen molar-refractivity contribution in [3.05, 3.63) is 46.0 Å². The van der Waals surface area contributed by atoms with Crippen molar-refractivity contribution in [2.75, 3.05) is 13.7 Å². The Bertz CT molecular complexity index is 1160. The summed E-state index contributed by atoms with van der Waals surface area (Å²) in [5, 5.41) is 69.7. The number of carbonyl (C=O) groups excluding carboxylic acids is 2. The molecule has 1 aliphatic heterocycles. The summed E-state index contributed by atoms with van der Waals surface area (Å²) in [5.41, 5.74) is -1.20. The number of methoxy groups -OCH3 is 1. The molecular formula is C22H22O12. The number of ketones is 2. The summed E-state index contributed by atoms with van der Waals surface area (Å²) < 4.78 is 16.1. The number of aliphatic hydroxyl groups excluding tert-OH is 5. The molecule has 2 aliphatic rings. The van der Waals surface area contributed by atoms with E-state index >= 15 is 0 Å². The lowest BCUT2D eigenvalue weighted by Gasteiger charge is -2.40. The van der Waals surface area contributed by atoms with Crippen molar-refractivity contribution < 1.29 is 59.5 Å². The first-order chi connectivity index (χ1) is 16.2. The quantitative estimate of drug-likeness (QED) is 0.211. The van der Waals surface area contributed by atoms with Crippen LogP contribution in [-0.2, 0) is 11.3 Å². The zero-order valence-corrected chi connectivity index (χ0v) is 17.7. The third-order valence-corrected chi connectivity index (χ3v) is 5.91. The van der Waals surface area contributed by atoms with Crippen molar-refractivity contribution in [2.24, 2.45) is 0 Å². The number of aliphatic hydroxyl groups is 5. The highest BCUT2D eigenvalue weighted by Gasteiger charge is 2.46. The standard InChI is InChI=1S/C22H22O12/c1-32-20-9(5-23)11(33-21-12(6-24)34-22(31)19(30)18(21)29)4-8-14(20)15(26)7-2-3-10(25)17(28)13(7)16(8)27/h2-4,12,18-19,21-25,28-31H,5-6H2,1H3. The van der Waals surface area contributed by atoms with E-state index in [4.69, 9.17) is 14.2 Å². The topological polar surface area (TPSA) is 203 Å². The van der Waals surface area contributed by atoms with Gasteiger partial charge in [-0.25, -0.2) is 0 Å². The maximum Gasteiger partial charge on any atom is 0.198 e. The number of phenols is 2. The molecule has 34 heavy (non-hydrogen) atoms. The Morgan fingerprint density at radius 3 is 2.26 bits per heavy atom. The fourth-order valence-electron chi connectivity index (χ4n) is 4.19.